The van der Waals surface area contributed by atoms with E-state index >= 15 is 0 Å². The first-order chi connectivity index (χ1) is 11.6. The Bertz CT molecular complexity index is 815. The van der Waals surface area contributed by atoms with Crippen LogP contribution in [-0.4, -0.2) is 33.0 Å². The Kier molecular flexibility index (Phi) is 5.12. The first-order valence-corrected chi connectivity index (χ1v) is 8.41. The topological polar surface area (TPSA) is 24.8 Å². The largest absolute Gasteiger partial charge is 0.497 e. The maximum Gasteiger partial charge on any atom is 0.120 e. The molecule has 0 saturated heterocycles. The van der Waals surface area contributed by atoms with Crippen LogP contribution in [0.1, 0.15) is 11.1 Å². The van der Waals surface area contributed by atoms with E-state index in [0.29, 0.717) is 10.0 Å². The lowest BCUT2D eigenvalue weighted by Gasteiger charge is -2.19. The average molecular weight is 361 g/mol. The van der Waals surface area contributed by atoms with Crippen molar-refractivity contribution in [1.29, 1.82) is 0 Å². The number of nitrogens with zero attached hydrogens (tertiary/aromatic N) is 2. The zero-order chi connectivity index (χ0) is 17.1. The predicted molar refractivity (Wildman–Crippen MR) is 103 cm³/mol. The van der Waals surface area contributed by atoms with Crippen molar-refractivity contribution in [3.05, 3.63) is 63.6 Å². The van der Waals surface area contributed by atoms with Gasteiger partial charge in [0.1, 0.15) is 5.75 Å². The van der Waals surface area contributed by atoms with Gasteiger partial charge in [0.05, 0.1) is 29.4 Å². The smallest absolute Gasteiger partial charge is 0.120 e. The molecule has 0 N–H and O–H groups in total. The van der Waals surface area contributed by atoms with Gasteiger partial charge in [-0.1, -0.05) is 35.3 Å². The number of aliphatic imine (C=N–C) groups is 1. The summed E-state index contributed by atoms with van der Waals surface area (Å²) >= 11 is 12.0. The van der Waals surface area contributed by atoms with E-state index in [9.17, 15) is 0 Å². The van der Waals surface area contributed by atoms with Gasteiger partial charge in [0.2, 0.25) is 0 Å². The summed E-state index contributed by atoms with van der Waals surface area (Å²) in [6.07, 6.45) is 4.02. The highest BCUT2D eigenvalue weighted by Crippen LogP contribution is 2.28. The van der Waals surface area contributed by atoms with Crippen molar-refractivity contribution in [3.8, 4) is 5.75 Å². The second-order valence-electron chi connectivity index (χ2n) is 5.58. The van der Waals surface area contributed by atoms with Crippen LogP contribution in [-0.2, 0) is 0 Å². The molecule has 0 saturated carbocycles. The van der Waals surface area contributed by atoms with E-state index in [1.165, 1.54) is 0 Å². The lowest BCUT2D eigenvalue weighted by atomic mass is 10.1. The first kappa shape index (κ1) is 16.9. The number of rotatable bonds is 3. The van der Waals surface area contributed by atoms with E-state index in [1.54, 1.807) is 13.2 Å². The van der Waals surface area contributed by atoms with Gasteiger partial charge in [-0.05, 0) is 35.9 Å². The maximum atomic E-state index is 6.08. The standard InChI is InChI=1S/C19H18Cl2N2O/c1-23-10-9-22-18(15-6-5-14(24-2)12-19(15)23)8-4-13-3-7-16(20)17(21)11-13/h3-8,11-12H,9-10H2,1-2H3. The van der Waals surface area contributed by atoms with Gasteiger partial charge >= 0.3 is 0 Å². The normalized spacial score (nSPS) is 14.3. The molecule has 1 heterocycles. The van der Waals surface area contributed by atoms with E-state index in [-0.39, 0.29) is 0 Å². The minimum Gasteiger partial charge on any atom is -0.497 e. The van der Waals surface area contributed by atoms with Crippen LogP contribution in [0, 0.1) is 0 Å². The minimum absolute atomic E-state index is 0.548. The van der Waals surface area contributed by atoms with Crippen LogP contribution in [0.2, 0.25) is 10.0 Å². The number of likely N-dealkylation sites (N-methyl/N-ethyl adjacent to an activating group) is 1. The molecule has 0 bridgehead atoms. The fourth-order valence-corrected chi connectivity index (χ4v) is 2.94. The number of hydrogen-bond acceptors (Lipinski definition) is 3. The van der Waals surface area contributed by atoms with Gasteiger partial charge in [0, 0.05) is 30.9 Å². The highest BCUT2D eigenvalue weighted by Gasteiger charge is 2.15. The van der Waals surface area contributed by atoms with Crippen molar-refractivity contribution in [2.45, 2.75) is 0 Å². The summed E-state index contributed by atoms with van der Waals surface area (Å²) in [5.41, 5.74) is 4.14. The summed E-state index contributed by atoms with van der Waals surface area (Å²) in [7, 11) is 3.75. The first-order valence-electron chi connectivity index (χ1n) is 7.65. The number of anilines is 1. The summed E-state index contributed by atoms with van der Waals surface area (Å²) in [6, 6.07) is 11.6. The van der Waals surface area contributed by atoms with E-state index in [0.717, 1.165) is 41.4 Å². The van der Waals surface area contributed by atoms with Crippen molar-refractivity contribution in [2.75, 3.05) is 32.1 Å². The third-order valence-corrected chi connectivity index (χ3v) is 4.73. The summed E-state index contributed by atoms with van der Waals surface area (Å²) in [5.74, 6) is 0.843. The van der Waals surface area contributed by atoms with E-state index in [2.05, 4.69) is 11.9 Å². The van der Waals surface area contributed by atoms with Crippen LogP contribution < -0.4 is 9.64 Å². The molecule has 0 aliphatic carbocycles. The second-order valence-corrected chi connectivity index (χ2v) is 6.39. The summed E-state index contributed by atoms with van der Waals surface area (Å²) in [4.78, 5) is 6.91. The van der Waals surface area contributed by atoms with Crippen LogP contribution in [0.5, 0.6) is 5.75 Å². The van der Waals surface area contributed by atoms with Crippen molar-refractivity contribution < 1.29 is 4.74 Å². The summed E-state index contributed by atoms with van der Waals surface area (Å²) < 4.78 is 5.35. The molecule has 0 radical (unpaired) electrons. The molecule has 1 aliphatic rings. The molecule has 0 spiro atoms. The molecule has 5 heteroatoms. The number of methoxy groups -OCH3 is 1. The molecule has 3 rings (SSSR count). The Morgan fingerprint density at radius 1 is 1.08 bits per heavy atom. The molecule has 2 aromatic rings. The van der Waals surface area contributed by atoms with Gasteiger partial charge in [-0.3, -0.25) is 4.99 Å². The number of halogens is 2. The van der Waals surface area contributed by atoms with Crippen LogP contribution in [0.4, 0.5) is 5.69 Å². The number of benzodiazepines with no additional fused rings is 1. The van der Waals surface area contributed by atoms with Crippen molar-refractivity contribution in [2.24, 2.45) is 4.99 Å². The van der Waals surface area contributed by atoms with Gasteiger partial charge < -0.3 is 9.64 Å². The molecule has 0 unspecified atom stereocenters. The molecule has 2 aromatic carbocycles. The Morgan fingerprint density at radius 2 is 1.92 bits per heavy atom. The van der Waals surface area contributed by atoms with Gasteiger partial charge in [0.25, 0.3) is 0 Å². The average Bonchev–Trinajstić information content (AvgIpc) is 2.75. The molecule has 0 aromatic heterocycles. The molecular formula is C19H18Cl2N2O. The van der Waals surface area contributed by atoms with Crippen molar-refractivity contribution >= 4 is 40.7 Å². The quantitative estimate of drug-likeness (QED) is 0.772. The third kappa shape index (κ3) is 3.58. The predicted octanol–water partition coefficient (Wildman–Crippen LogP) is 4.95. The molecule has 0 fully saturated rings. The fourth-order valence-electron chi connectivity index (χ4n) is 2.63. The number of allylic oxidation sites excluding steroid dienone is 1. The van der Waals surface area contributed by atoms with E-state index in [4.69, 9.17) is 32.9 Å². The lowest BCUT2D eigenvalue weighted by Crippen LogP contribution is -2.20. The number of benzene rings is 2. The molecule has 24 heavy (non-hydrogen) atoms. The highest BCUT2D eigenvalue weighted by molar-refractivity contribution is 6.42. The molecule has 0 atom stereocenters. The van der Waals surface area contributed by atoms with Crippen LogP contribution in [0.3, 0.4) is 0 Å². The molecular weight excluding hydrogens is 343 g/mol. The Balaban J connectivity index is 1.96. The lowest BCUT2D eigenvalue weighted by molar-refractivity contribution is 0.415. The monoisotopic (exact) mass is 360 g/mol. The minimum atomic E-state index is 0.548. The Hall–Kier alpha value is -1.97. The van der Waals surface area contributed by atoms with Crippen LogP contribution >= 0.6 is 23.2 Å². The fraction of sp³-hybridized carbons (Fsp3) is 0.211. The SMILES string of the molecule is COc1ccc2c(c1)N(C)CCN=C2C=Cc1ccc(Cl)c(Cl)c1. The number of ether oxygens (including phenoxy) is 1. The van der Waals surface area contributed by atoms with Gasteiger partial charge in [-0.15, -0.1) is 0 Å². The highest BCUT2D eigenvalue weighted by atomic mass is 35.5. The molecule has 0 amide bonds. The van der Waals surface area contributed by atoms with Crippen molar-refractivity contribution in [1.82, 2.24) is 0 Å². The Morgan fingerprint density at radius 3 is 2.67 bits per heavy atom. The molecule has 1 aliphatic heterocycles. The number of fused-ring (bicyclic) bond motifs is 1. The van der Waals surface area contributed by atoms with Crippen LogP contribution in [0.25, 0.3) is 6.08 Å². The summed E-state index contributed by atoms with van der Waals surface area (Å²) in [5, 5.41) is 1.10. The molecule has 124 valence electrons. The summed E-state index contributed by atoms with van der Waals surface area (Å²) in [6.45, 7) is 1.61. The Labute approximate surface area is 152 Å². The zero-order valence-electron chi connectivity index (χ0n) is 13.6. The second kappa shape index (κ2) is 7.29. The zero-order valence-corrected chi connectivity index (χ0v) is 15.1. The molecule has 3 nitrogen and oxygen atoms in total. The van der Waals surface area contributed by atoms with Gasteiger partial charge in [-0.25, -0.2) is 0 Å². The van der Waals surface area contributed by atoms with E-state index in [1.807, 2.05) is 42.5 Å². The number of hydrogen-bond donors (Lipinski definition) is 0. The third-order valence-electron chi connectivity index (χ3n) is 3.99. The van der Waals surface area contributed by atoms with Gasteiger partial charge in [0.15, 0.2) is 0 Å². The maximum absolute atomic E-state index is 6.08. The van der Waals surface area contributed by atoms with E-state index < -0.39 is 0 Å². The van der Waals surface area contributed by atoms with Crippen molar-refractivity contribution in [3.63, 3.8) is 0 Å². The van der Waals surface area contributed by atoms with Crippen LogP contribution in [0.15, 0.2) is 47.5 Å². The van der Waals surface area contributed by atoms with Gasteiger partial charge in [-0.2, -0.15) is 0 Å².